The van der Waals surface area contributed by atoms with Gasteiger partial charge in [-0.1, -0.05) is 60.7 Å². The van der Waals surface area contributed by atoms with Crippen molar-refractivity contribution in [2.45, 2.75) is 25.2 Å². The number of rotatable bonds is 9. The molecule has 0 aliphatic heterocycles. The molecule has 0 saturated carbocycles. The third kappa shape index (κ3) is 5.45. The Morgan fingerprint density at radius 3 is 2.15 bits per heavy atom. The zero-order chi connectivity index (χ0) is 18.9. The van der Waals surface area contributed by atoms with Gasteiger partial charge in [-0.25, -0.2) is 9.78 Å². The van der Waals surface area contributed by atoms with E-state index in [9.17, 15) is 9.90 Å². The smallest absolute Gasteiger partial charge is 0.407 e. The molecule has 5 heteroatoms. The van der Waals surface area contributed by atoms with Crippen LogP contribution in [0.3, 0.4) is 0 Å². The van der Waals surface area contributed by atoms with Crippen LogP contribution in [0, 0.1) is 0 Å². The van der Waals surface area contributed by atoms with Gasteiger partial charge in [-0.15, -0.1) is 0 Å². The van der Waals surface area contributed by atoms with E-state index in [1.807, 2.05) is 36.4 Å². The Balaban J connectivity index is 1.64. The summed E-state index contributed by atoms with van der Waals surface area (Å²) in [6, 6.07) is 20.6. The van der Waals surface area contributed by atoms with E-state index in [0.717, 1.165) is 25.0 Å². The van der Waals surface area contributed by atoms with Gasteiger partial charge in [0.05, 0.1) is 6.33 Å². The van der Waals surface area contributed by atoms with Gasteiger partial charge >= 0.3 is 6.09 Å². The lowest BCUT2D eigenvalue weighted by atomic mass is 9.88. The summed E-state index contributed by atoms with van der Waals surface area (Å²) in [5.41, 5.74) is 3.46. The molecule has 0 bridgehead atoms. The summed E-state index contributed by atoms with van der Waals surface area (Å²) in [5.74, 6) is 0.182. The number of aryl methyl sites for hydroxylation is 1. The van der Waals surface area contributed by atoms with Crippen LogP contribution in [0.5, 0.6) is 0 Å². The van der Waals surface area contributed by atoms with Crippen LogP contribution in [0.1, 0.15) is 35.6 Å². The summed E-state index contributed by atoms with van der Waals surface area (Å²) in [5, 5.41) is 9.59. The number of carbonyl (C=O) groups is 1. The average molecular weight is 363 g/mol. The number of imidazole rings is 1. The number of amides is 1. The van der Waals surface area contributed by atoms with E-state index in [1.54, 1.807) is 12.5 Å². The Hall–Kier alpha value is -3.08. The molecule has 0 aliphatic rings. The molecule has 0 saturated heterocycles. The minimum Gasteiger partial charge on any atom is -0.465 e. The lowest BCUT2D eigenvalue weighted by Crippen LogP contribution is -2.32. The fourth-order valence-electron chi connectivity index (χ4n) is 3.37. The lowest BCUT2D eigenvalue weighted by Gasteiger charge is -2.24. The Bertz CT molecular complexity index is 765. The summed E-state index contributed by atoms with van der Waals surface area (Å²) in [6.45, 7) is 1.03. The van der Waals surface area contributed by atoms with Gasteiger partial charge in [0.1, 0.15) is 0 Å². The minimum atomic E-state index is -0.862. The molecule has 0 unspecified atom stereocenters. The summed E-state index contributed by atoms with van der Waals surface area (Å²) in [7, 11) is 0. The quantitative estimate of drug-likeness (QED) is 0.586. The zero-order valence-electron chi connectivity index (χ0n) is 15.3. The Labute approximate surface area is 159 Å². The van der Waals surface area contributed by atoms with Crippen LogP contribution in [0.4, 0.5) is 4.79 Å². The first-order valence-corrected chi connectivity index (χ1v) is 9.29. The number of nitrogens with one attached hydrogen (secondary N) is 1. The van der Waals surface area contributed by atoms with Crippen LogP contribution in [0.25, 0.3) is 0 Å². The maximum Gasteiger partial charge on any atom is 0.407 e. The number of nitrogens with zero attached hydrogens (tertiary/aromatic N) is 2. The monoisotopic (exact) mass is 363 g/mol. The van der Waals surface area contributed by atoms with Gasteiger partial charge in [-0.3, -0.25) is 0 Å². The van der Waals surface area contributed by atoms with Crippen molar-refractivity contribution in [2.24, 2.45) is 0 Å². The fraction of sp³-hybridized carbons (Fsp3) is 0.273. The van der Waals surface area contributed by atoms with E-state index >= 15 is 0 Å². The van der Waals surface area contributed by atoms with Crippen molar-refractivity contribution in [1.82, 2.24) is 14.9 Å². The molecule has 5 nitrogen and oxygen atoms in total. The number of benzene rings is 2. The van der Waals surface area contributed by atoms with Crippen molar-refractivity contribution in [3.05, 3.63) is 90.0 Å². The molecule has 1 aromatic heterocycles. The normalized spacial score (nSPS) is 10.9. The summed E-state index contributed by atoms with van der Waals surface area (Å²) in [6.07, 6.45) is 4.89. The van der Waals surface area contributed by atoms with Gasteiger partial charge in [0, 0.05) is 30.9 Å². The third-order valence-electron chi connectivity index (χ3n) is 4.79. The van der Waals surface area contributed by atoms with Gasteiger partial charge < -0.3 is 15.0 Å². The van der Waals surface area contributed by atoms with E-state index in [2.05, 4.69) is 34.2 Å². The van der Waals surface area contributed by atoms with Crippen molar-refractivity contribution < 1.29 is 9.90 Å². The van der Waals surface area contributed by atoms with Gasteiger partial charge in [-0.05, 0) is 30.4 Å². The molecular weight excluding hydrogens is 338 g/mol. The van der Waals surface area contributed by atoms with Gasteiger partial charge in [0.25, 0.3) is 0 Å². The average Bonchev–Trinajstić information content (AvgIpc) is 3.22. The molecular formula is C22H25N3O2. The van der Waals surface area contributed by atoms with E-state index in [-0.39, 0.29) is 5.92 Å². The lowest BCUT2D eigenvalue weighted by molar-refractivity contribution is 0.143. The topological polar surface area (TPSA) is 69.2 Å². The van der Waals surface area contributed by atoms with Crippen LogP contribution in [0.2, 0.25) is 0 Å². The predicted molar refractivity (Wildman–Crippen MR) is 106 cm³/mol. The molecule has 0 aliphatic carbocycles. The predicted octanol–water partition coefficient (Wildman–Crippen LogP) is 4.54. The summed E-state index contributed by atoms with van der Waals surface area (Å²) >= 11 is 0. The fourth-order valence-corrected chi connectivity index (χ4v) is 3.37. The van der Waals surface area contributed by atoms with Gasteiger partial charge in [0.2, 0.25) is 0 Å². The molecule has 0 radical (unpaired) electrons. The number of H-pyrrole nitrogens is 1. The van der Waals surface area contributed by atoms with E-state index in [1.165, 1.54) is 16.0 Å². The number of hydrogen-bond acceptors (Lipinski definition) is 2. The van der Waals surface area contributed by atoms with Crippen LogP contribution < -0.4 is 0 Å². The SMILES string of the molecule is O=C(O)N(CCCc1cnc[nH]1)CCC(c1ccccc1)c1ccccc1. The number of aromatic amines is 1. The van der Waals surface area contributed by atoms with Crippen molar-refractivity contribution in [1.29, 1.82) is 0 Å². The van der Waals surface area contributed by atoms with Crippen LogP contribution in [-0.4, -0.2) is 39.2 Å². The second-order valence-electron chi connectivity index (χ2n) is 6.61. The maximum atomic E-state index is 11.7. The zero-order valence-corrected chi connectivity index (χ0v) is 15.3. The molecule has 2 N–H and O–H groups in total. The van der Waals surface area contributed by atoms with E-state index in [0.29, 0.717) is 13.1 Å². The number of hydrogen-bond donors (Lipinski definition) is 2. The molecule has 3 aromatic rings. The first-order valence-electron chi connectivity index (χ1n) is 9.29. The molecule has 1 amide bonds. The molecule has 1 heterocycles. The first kappa shape index (κ1) is 18.7. The highest BCUT2D eigenvalue weighted by Gasteiger charge is 2.18. The van der Waals surface area contributed by atoms with Crippen LogP contribution in [0.15, 0.2) is 73.2 Å². The molecule has 3 rings (SSSR count). The molecule has 0 spiro atoms. The van der Waals surface area contributed by atoms with Crippen molar-refractivity contribution in [3.8, 4) is 0 Å². The Morgan fingerprint density at radius 1 is 1.00 bits per heavy atom. The molecule has 140 valence electrons. The highest BCUT2D eigenvalue weighted by atomic mass is 16.4. The molecule has 2 aromatic carbocycles. The highest BCUT2D eigenvalue weighted by molar-refractivity contribution is 5.64. The van der Waals surface area contributed by atoms with Crippen LogP contribution >= 0.6 is 0 Å². The minimum absolute atomic E-state index is 0.182. The molecule has 27 heavy (non-hydrogen) atoms. The largest absolute Gasteiger partial charge is 0.465 e. The Morgan fingerprint density at radius 2 is 1.63 bits per heavy atom. The highest BCUT2D eigenvalue weighted by Crippen LogP contribution is 2.28. The van der Waals surface area contributed by atoms with Gasteiger partial charge in [-0.2, -0.15) is 0 Å². The maximum absolute atomic E-state index is 11.7. The summed E-state index contributed by atoms with van der Waals surface area (Å²) < 4.78 is 0. The van der Waals surface area contributed by atoms with Crippen LogP contribution in [-0.2, 0) is 6.42 Å². The molecule has 0 fully saturated rings. The second-order valence-corrected chi connectivity index (χ2v) is 6.61. The van der Waals surface area contributed by atoms with E-state index < -0.39 is 6.09 Å². The van der Waals surface area contributed by atoms with Crippen molar-refractivity contribution in [3.63, 3.8) is 0 Å². The van der Waals surface area contributed by atoms with Crippen molar-refractivity contribution >= 4 is 6.09 Å². The molecule has 0 atom stereocenters. The number of carboxylic acid groups (broad SMARTS) is 1. The Kier molecular flexibility index (Phi) is 6.63. The third-order valence-corrected chi connectivity index (χ3v) is 4.79. The summed E-state index contributed by atoms with van der Waals surface area (Å²) in [4.78, 5) is 20.3. The number of aromatic nitrogens is 2. The van der Waals surface area contributed by atoms with Gasteiger partial charge in [0.15, 0.2) is 0 Å². The standard InChI is InChI=1S/C22H25N3O2/c26-22(27)25(14-7-12-20-16-23-17-24-20)15-13-21(18-8-3-1-4-9-18)19-10-5-2-6-11-19/h1-6,8-11,16-17,21H,7,12-15H2,(H,23,24)(H,26,27). The first-order chi connectivity index (χ1) is 13.2. The van der Waals surface area contributed by atoms with Crippen molar-refractivity contribution in [2.75, 3.05) is 13.1 Å². The second kappa shape index (κ2) is 9.57. The van der Waals surface area contributed by atoms with E-state index in [4.69, 9.17) is 0 Å².